The molecule has 1 atom stereocenters. The lowest BCUT2D eigenvalue weighted by atomic mass is 10.1. The predicted molar refractivity (Wildman–Crippen MR) is 77.4 cm³/mol. The summed E-state index contributed by atoms with van der Waals surface area (Å²) in [5, 5.41) is 5.39. The van der Waals surface area contributed by atoms with Crippen LogP contribution >= 0.6 is 0 Å². The lowest BCUT2D eigenvalue weighted by Gasteiger charge is -2.27. The SMILES string of the molecule is CN1N=C(C(=O)N2CCCC2c2ccccn2)CCC1=O. The maximum atomic E-state index is 12.7. The van der Waals surface area contributed by atoms with Crippen molar-refractivity contribution in [2.24, 2.45) is 5.10 Å². The van der Waals surface area contributed by atoms with Crippen LogP contribution in [0.1, 0.15) is 37.4 Å². The highest BCUT2D eigenvalue weighted by Gasteiger charge is 2.34. The Morgan fingerprint density at radius 2 is 2.19 bits per heavy atom. The quantitative estimate of drug-likeness (QED) is 0.824. The summed E-state index contributed by atoms with van der Waals surface area (Å²) in [6, 6.07) is 5.78. The second kappa shape index (κ2) is 5.63. The van der Waals surface area contributed by atoms with Crippen LogP contribution in [0.3, 0.4) is 0 Å². The first-order chi connectivity index (χ1) is 10.2. The van der Waals surface area contributed by atoms with E-state index in [-0.39, 0.29) is 17.9 Å². The molecule has 1 aromatic rings. The number of aromatic nitrogens is 1. The Bertz CT molecular complexity index is 585. The van der Waals surface area contributed by atoms with Crippen molar-refractivity contribution < 1.29 is 9.59 Å². The van der Waals surface area contributed by atoms with Gasteiger partial charge in [0, 0.05) is 32.6 Å². The van der Waals surface area contributed by atoms with Gasteiger partial charge in [-0.3, -0.25) is 14.6 Å². The van der Waals surface area contributed by atoms with Gasteiger partial charge >= 0.3 is 0 Å². The summed E-state index contributed by atoms with van der Waals surface area (Å²) < 4.78 is 0. The Morgan fingerprint density at radius 3 is 2.90 bits per heavy atom. The van der Waals surface area contributed by atoms with Gasteiger partial charge in [-0.25, -0.2) is 5.01 Å². The Labute approximate surface area is 123 Å². The highest BCUT2D eigenvalue weighted by Crippen LogP contribution is 2.31. The van der Waals surface area contributed by atoms with Crippen LogP contribution in [0.25, 0.3) is 0 Å². The summed E-state index contributed by atoms with van der Waals surface area (Å²) in [4.78, 5) is 30.3. The average Bonchev–Trinajstić information content (AvgIpc) is 2.99. The van der Waals surface area contributed by atoms with Gasteiger partial charge in [-0.1, -0.05) is 6.07 Å². The van der Waals surface area contributed by atoms with Crippen molar-refractivity contribution in [3.8, 4) is 0 Å². The largest absolute Gasteiger partial charge is 0.329 e. The van der Waals surface area contributed by atoms with Crippen LogP contribution in [0.5, 0.6) is 0 Å². The number of nitrogens with zero attached hydrogens (tertiary/aromatic N) is 4. The molecule has 1 aromatic heterocycles. The van der Waals surface area contributed by atoms with Crippen LogP contribution < -0.4 is 0 Å². The molecule has 6 nitrogen and oxygen atoms in total. The molecule has 110 valence electrons. The van der Waals surface area contributed by atoms with E-state index < -0.39 is 0 Å². The maximum absolute atomic E-state index is 12.7. The van der Waals surface area contributed by atoms with Gasteiger partial charge in [0.05, 0.1) is 11.7 Å². The molecule has 0 saturated carbocycles. The minimum absolute atomic E-state index is 0.0179. The lowest BCUT2D eigenvalue weighted by molar-refractivity contribution is -0.130. The fourth-order valence-corrected chi connectivity index (χ4v) is 2.88. The predicted octanol–water partition coefficient (Wildman–Crippen LogP) is 1.35. The summed E-state index contributed by atoms with van der Waals surface area (Å²) in [6.07, 6.45) is 4.41. The van der Waals surface area contributed by atoms with Gasteiger partial charge in [-0.15, -0.1) is 0 Å². The molecule has 0 bridgehead atoms. The summed E-state index contributed by atoms with van der Waals surface area (Å²) in [5.74, 6) is -0.114. The fraction of sp³-hybridized carbons (Fsp3) is 0.467. The van der Waals surface area contributed by atoms with Crippen molar-refractivity contribution in [1.29, 1.82) is 0 Å². The third-order valence-electron chi connectivity index (χ3n) is 4.00. The van der Waals surface area contributed by atoms with Crippen LogP contribution in [-0.4, -0.2) is 46.0 Å². The number of hydrazone groups is 1. The maximum Gasteiger partial charge on any atom is 0.270 e. The molecule has 0 radical (unpaired) electrons. The van der Waals surface area contributed by atoms with Crippen molar-refractivity contribution in [1.82, 2.24) is 14.9 Å². The normalized spacial score (nSPS) is 22.4. The van der Waals surface area contributed by atoms with Crippen LogP contribution in [-0.2, 0) is 9.59 Å². The van der Waals surface area contributed by atoms with Crippen molar-refractivity contribution in [2.75, 3.05) is 13.6 Å². The number of hydrogen-bond donors (Lipinski definition) is 0. The van der Waals surface area contributed by atoms with Gasteiger partial charge in [0.1, 0.15) is 5.71 Å². The topological polar surface area (TPSA) is 65.9 Å². The molecule has 2 aliphatic rings. The third kappa shape index (κ3) is 2.66. The zero-order valence-corrected chi connectivity index (χ0v) is 12.0. The molecular formula is C15H18N4O2. The van der Waals surface area contributed by atoms with Gasteiger partial charge in [-0.2, -0.15) is 5.10 Å². The molecule has 3 heterocycles. The summed E-state index contributed by atoms with van der Waals surface area (Å²) in [7, 11) is 1.59. The first-order valence-electron chi connectivity index (χ1n) is 7.23. The van der Waals surface area contributed by atoms with E-state index in [1.165, 1.54) is 5.01 Å². The van der Waals surface area contributed by atoms with Crippen LogP contribution in [0.2, 0.25) is 0 Å². The number of pyridine rings is 1. The van der Waals surface area contributed by atoms with Crippen LogP contribution in [0, 0.1) is 0 Å². The van der Waals surface area contributed by atoms with Crippen molar-refractivity contribution in [2.45, 2.75) is 31.7 Å². The molecule has 0 aliphatic carbocycles. The van der Waals surface area contributed by atoms with Gasteiger partial charge in [-0.05, 0) is 25.0 Å². The second-order valence-electron chi connectivity index (χ2n) is 5.38. The molecule has 3 rings (SSSR count). The Morgan fingerprint density at radius 1 is 1.33 bits per heavy atom. The van der Waals surface area contributed by atoms with Gasteiger partial charge in [0.25, 0.3) is 5.91 Å². The molecule has 1 unspecified atom stereocenters. The van der Waals surface area contributed by atoms with Crippen LogP contribution in [0.4, 0.5) is 0 Å². The standard InChI is InChI=1S/C15H18N4O2/c1-18-14(20)8-7-12(17-18)15(21)19-10-4-6-13(19)11-5-2-3-9-16-11/h2-3,5,9,13H,4,6-8,10H2,1H3. The number of rotatable bonds is 2. The monoisotopic (exact) mass is 286 g/mol. The van der Waals surface area contributed by atoms with E-state index in [9.17, 15) is 9.59 Å². The minimum Gasteiger partial charge on any atom is -0.329 e. The first kappa shape index (κ1) is 13.7. The molecule has 2 aliphatic heterocycles. The fourth-order valence-electron chi connectivity index (χ4n) is 2.88. The van der Waals surface area contributed by atoms with E-state index in [1.54, 1.807) is 13.2 Å². The highest BCUT2D eigenvalue weighted by atomic mass is 16.2. The van der Waals surface area contributed by atoms with Crippen molar-refractivity contribution in [3.63, 3.8) is 0 Å². The molecule has 0 spiro atoms. The van der Waals surface area contributed by atoms with Gasteiger partial charge < -0.3 is 4.90 Å². The number of carbonyl (C=O) groups excluding carboxylic acids is 2. The summed E-state index contributed by atoms with van der Waals surface area (Å²) in [5.41, 5.74) is 1.39. The van der Waals surface area contributed by atoms with Gasteiger partial charge in [0.15, 0.2) is 0 Å². The Balaban J connectivity index is 1.81. The average molecular weight is 286 g/mol. The molecule has 2 amide bonds. The summed E-state index contributed by atoms with van der Waals surface area (Å²) >= 11 is 0. The summed E-state index contributed by atoms with van der Waals surface area (Å²) in [6.45, 7) is 0.719. The number of likely N-dealkylation sites (tertiary alicyclic amines) is 1. The van der Waals surface area contributed by atoms with Crippen molar-refractivity contribution in [3.05, 3.63) is 30.1 Å². The Hall–Kier alpha value is -2.24. The lowest BCUT2D eigenvalue weighted by Crippen LogP contribution is -2.40. The van der Waals surface area contributed by atoms with E-state index >= 15 is 0 Å². The Kier molecular flexibility index (Phi) is 3.68. The molecule has 1 saturated heterocycles. The van der Waals surface area contributed by atoms with Gasteiger partial charge in [0.2, 0.25) is 5.91 Å². The zero-order valence-electron chi connectivity index (χ0n) is 12.0. The molecule has 6 heteroatoms. The van der Waals surface area contributed by atoms with E-state index in [1.807, 2.05) is 23.1 Å². The smallest absolute Gasteiger partial charge is 0.270 e. The highest BCUT2D eigenvalue weighted by molar-refractivity contribution is 6.39. The van der Waals surface area contributed by atoms with E-state index in [0.717, 1.165) is 25.1 Å². The van der Waals surface area contributed by atoms with E-state index in [0.29, 0.717) is 18.6 Å². The second-order valence-corrected chi connectivity index (χ2v) is 5.38. The molecule has 21 heavy (non-hydrogen) atoms. The van der Waals surface area contributed by atoms with E-state index in [2.05, 4.69) is 10.1 Å². The zero-order chi connectivity index (χ0) is 14.8. The van der Waals surface area contributed by atoms with Crippen LogP contribution in [0.15, 0.2) is 29.5 Å². The third-order valence-corrected chi connectivity index (χ3v) is 4.00. The molecular weight excluding hydrogens is 268 g/mol. The molecule has 0 aromatic carbocycles. The van der Waals surface area contributed by atoms with Crippen molar-refractivity contribution >= 4 is 17.5 Å². The van der Waals surface area contributed by atoms with E-state index in [4.69, 9.17) is 0 Å². The number of amides is 2. The molecule has 1 fully saturated rings. The molecule has 0 N–H and O–H groups in total. The number of carbonyl (C=O) groups is 2. The number of hydrogen-bond acceptors (Lipinski definition) is 4. The minimum atomic E-state index is -0.0671. The first-order valence-corrected chi connectivity index (χ1v) is 7.23.